The molecular formula is C17H28N4. The van der Waals surface area contributed by atoms with Gasteiger partial charge >= 0.3 is 0 Å². The van der Waals surface area contributed by atoms with Crippen LogP contribution < -0.4 is 10.6 Å². The van der Waals surface area contributed by atoms with Gasteiger partial charge in [-0.2, -0.15) is 4.98 Å². The molecule has 0 saturated heterocycles. The summed E-state index contributed by atoms with van der Waals surface area (Å²) in [6.45, 7) is 7.48. The number of fused-ring (bicyclic) bond motifs is 2. The number of aromatic nitrogens is 2. The van der Waals surface area contributed by atoms with Crippen molar-refractivity contribution in [2.75, 3.05) is 17.2 Å². The molecule has 4 atom stereocenters. The van der Waals surface area contributed by atoms with Crippen molar-refractivity contribution in [3.63, 3.8) is 0 Å². The lowest BCUT2D eigenvalue weighted by Crippen LogP contribution is -2.30. The standard InChI is InChI=1S/C17H28N4/c1-4-7-18-17-19-10-11(2)16(21-17)20-12(3)15-9-13-5-6-14(15)8-13/h10,12-15H,4-9H2,1-3H3,(H2,18,19,20,21). The first kappa shape index (κ1) is 14.6. The van der Waals surface area contributed by atoms with Gasteiger partial charge in [0.05, 0.1) is 0 Å². The molecule has 3 rings (SSSR count). The maximum absolute atomic E-state index is 4.65. The third kappa shape index (κ3) is 3.14. The fraction of sp³-hybridized carbons (Fsp3) is 0.765. The molecule has 0 spiro atoms. The van der Waals surface area contributed by atoms with Crippen LogP contribution >= 0.6 is 0 Å². The van der Waals surface area contributed by atoms with Crippen molar-refractivity contribution in [3.8, 4) is 0 Å². The van der Waals surface area contributed by atoms with Crippen LogP contribution in [-0.4, -0.2) is 22.6 Å². The molecule has 0 amide bonds. The van der Waals surface area contributed by atoms with Crippen molar-refractivity contribution < 1.29 is 0 Å². The van der Waals surface area contributed by atoms with Crippen molar-refractivity contribution in [2.24, 2.45) is 17.8 Å². The van der Waals surface area contributed by atoms with Gasteiger partial charge in [-0.05, 0) is 57.3 Å². The molecule has 4 nitrogen and oxygen atoms in total. The quantitative estimate of drug-likeness (QED) is 0.835. The molecule has 2 saturated carbocycles. The Morgan fingerprint density at radius 3 is 2.86 bits per heavy atom. The number of aryl methyl sites for hydroxylation is 1. The Labute approximate surface area is 128 Å². The highest BCUT2D eigenvalue weighted by atomic mass is 15.1. The van der Waals surface area contributed by atoms with E-state index in [0.717, 1.165) is 48.0 Å². The molecule has 1 aromatic rings. The van der Waals surface area contributed by atoms with Gasteiger partial charge in [-0.25, -0.2) is 4.98 Å². The predicted molar refractivity (Wildman–Crippen MR) is 87.6 cm³/mol. The third-order valence-corrected chi connectivity index (χ3v) is 5.30. The second kappa shape index (κ2) is 6.20. The third-order valence-electron chi connectivity index (χ3n) is 5.30. The van der Waals surface area contributed by atoms with Crippen molar-refractivity contribution in [2.45, 2.75) is 58.9 Å². The van der Waals surface area contributed by atoms with Crippen LogP contribution in [0.25, 0.3) is 0 Å². The number of rotatable bonds is 6. The minimum Gasteiger partial charge on any atom is -0.367 e. The summed E-state index contributed by atoms with van der Waals surface area (Å²) in [6.07, 6.45) is 8.77. The summed E-state index contributed by atoms with van der Waals surface area (Å²) in [5, 5.41) is 6.93. The van der Waals surface area contributed by atoms with Crippen molar-refractivity contribution in [1.29, 1.82) is 0 Å². The molecule has 2 bridgehead atoms. The maximum Gasteiger partial charge on any atom is 0.224 e. The Bertz CT molecular complexity index is 488. The molecule has 0 aromatic carbocycles. The Balaban J connectivity index is 1.66. The van der Waals surface area contributed by atoms with E-state index in [2.05, 4.69) is 41.4 Å². The van der Waals surface area contributed by atoms with Crippen LogP contribution in [0.2, 0.25) is 0 Å². The van der Waals surface area contributed by atoms with E-state index in [1.165, 1.54) is 25.7 Å². The van der Waals surface area contributed by atoms with Crippen molar-refractivity contribution in [3.05, 3.63) is 11.8 Å². The van der Waals surface area contributed by atoms with Crippen molar-refractivity contribution in [1.82, 2.24) is 9.97 Å². The van der Waals surface area contributed by atoms with Crippen LogP contribution in [-0.2, 0) is 0 Å². The van der Waals surface area contributed by atoms with Crippen LogP contribution in [0, 0.1) is 24.7 Å². The zero-order valence-electron chi connectivity index (χ0n) is 13.5. The molecule has 1 aromatic heterocycles. The monoisotopic (exact) mass is 288 g/mol. The summed E-state index contributed by atoms with van der Waals surface area (Å²) in [4.78, 5) is 9.01. The number of nitrogens with zero attached hydrogens (tertiary/aromatic N) is 2. The fourth-order valence-electron chi connectivity index (χ4n) is 4.14. The van der Waals surface area contributed by atoms with Gasteiger partial charge in [-0.1, -0.05) is 13.3 Å². The van der Waals surface area contributed by atoms with E-state index < -0.39 is 0 Å². The molecule has 4 heteroatoms. The van der Waals surface area contributed by atoms with Gasteiger partial charge in [-0.15, -0.1) is 0 Å². The minimum atomic E-state index is 0.507. The van der Waals surface area contributed by atoms with Gasteiger partial charge in [0.1, 0.15) is 5.82 Å². The Morgan fingerprint density at radius 1 is 1.33 bits per heavy atom. The summed E-state index contributed by atoms with van der Waals surface area (Å²) in [6, 6.07) is 0.507. The zero-order valence-corrected chi connectivity index (χ0v) is 13.5. The molecule has 1 heterocycles. The molecule has 0 radical (unpaired) electrons. The molecule has 116 valence electrons. The van der Waals surface area contributed by atoms with E-state index in [1.807, 2.05) is 6.20 Å². The molecule has 4 unspecified atom stereocenters. The second-order valence-electron chi connectivity index (χ2n) is 6.92. The molecule has 2 aliphatic carbocycles. The number of hydrogen-bond donors (Lipinski definition) is 2. The van der Waals surface area contributed by atoms with E-state index in [0.29, 0.717) is 6.04 Å². The van der Waals surface area contributed by atoms with Crippen LogP contribution in [0.3, 0.4) is 0 Å². The molecule has 2 fully saturated rings. The van der Waals surface area contributed by atoms with Crippen molar-refractivity contribution >= 4 is 11.8 Å². The minimum absolute atomic E-state index is 0.507. The highest BCUT2D eigenvalue weighted by Crippen LogP contribution is 2.49. The molecule has 2 N–H and O–H groups in total. The summed E-state index contributed by atoms with van der Waals surface area (Å²) in [5.74, 6) is 4.50. The Morgan fingerprint density at radius 2 is 2.19 bits per heavy atom. The number of nitrogens with one attached hydrogen (secondary N) is 2. The van der Waals surface area contributed by atoms with Gasteiger partial charge in [0.15, 0.2) is 0 Å². The molecular weight excluding hydrogens is 260 g/mol. The lowest BCUT2D eigenvalue weighted by atomic mass is 9.84. The van der Waals surface area contributed by atoms with Gasteiger partial charge in [0.25, 0.3) is 0 Å². The molecule has 0 aliphatic heterocycles. The average molecular weight is 288 g/mol. The zero-order chi connectivity index (χ0) is 14.8. The average Bonchev–Trinajstić information content (AvgIpc) is 3.10. The summed E-state index contributed by atoms with van der Waals surface area (Å²) < 4.78 is 0. The topological polar surface area (TPSA) is 49.8 Å². The second-order valence-corrected chi connectivity index (χ2v) is 6.92. The molecule has 21 heavy (non-hydrogen) atoms. The molecule has 2 aliphatic rings. The fourth-order valence-corrected chi connectivity index (χ4v) is 4.14. The van der Waals surface area contributed by atoms with Gasteiger partial charge in [-0.3, -0.25) is 0 Å². The summed E-state index contributed by atoms with van der Waals surface area (Å²) >= 11 is 0. The first-order valence-corrected chi connectivity index (χ1v) is 8.51. The van der Waals surface area contributed by atoms with Crippen LogP contribution in [0.15, 0.2) is 6.20 Å². The highest BCUT2D eigenvalue weighted by Gasteiger charge is 2.41. The SMILES string of the molecule is CCCNc1ncc(C)c(NC(C)C2CC3CCC2C3)n1. The normalized spacial score (nSPS) is 28.6. The largest absolute Gasteiger partial charge is 0.367 e. The maximum atomic E-state index is 4.65. The first-order valence-electron chi connectivity index (χ1n) is 8.51. The Hall–Kier alpha value is -1.32. The predicted octanol–water partition coefficient (Wildman–Crippen LogP) is 3.84. The summed E-state index contributed by atoms with van der Waals surface area (Å²) in [5.41, 5.74) is 1.13. The number of anilines is 2. The van der Waals surface area contributed by atoms with Crippen LogP contribution in [0.4, 0.5) is 11.8 Å². The van der Waals surface area contributed by atoms with Crippen LogP contribution in [0.1, 0.15) is 51.5 Å². The van der Waals surface area contributed by atoms with E-state index in [4.69, 9.17) is 0 Å². The van der Waals surface area contributed by atoms with Gasteiger partial charge < -0.3 is 10.6 Å². The van der Waals surface area contributed by atoms with Gasteiger partial charge in [0, 0.05) is 24.3 Å². The first-order chi connectivity index (χ1) is 10.2. The van der Waals surface area contributed by atoms with Gasteiger partial charge in [0.2, 0.25) is 5.95 Å². The summed E-state index contributed by atoms with van der Waals surface area (Å²) in [7, 11) is 0. The lowest BCUT2D eigenvalue weighted by molar-refractivity contribution is 0.304. The highest BCUT2D eigenvalue weighted by molar-refractivity contribution is 5.47. The lowest BCUT2D eigenvalue weighted by Gasteiger charge is -2.29. The van der Waals surface area contributed by atoms with Crippen LogP contribution in [0.5, 0.6) is 0 Å². The Kier molecular flexibility index (Phi) is 4.32. The van der Waals surface area contributed by atoms with E-state index >= 15 is 0 Å². The number of hydrogen-bond acceptors (Lipinski definition) is 4. The van der Waals surface area contributed by atoms with E-state index in [-0.39, 0.29) is 0 Å². The van der Waals surface area contributed by atoms with E-state index in [9.17, 15) is 0 Å². The van der Waals surface area contributed by atoms with E-state index in [1.54, 1.807) is 0 Å². The smallest absolute Gasteiger partial charge is 0.224 e.